The van der Waals surface area contributed by atoms with Crippen LogP contribution in [-0.2, 0) is 6.54 Å². The maximum Gasteiger partial charge on any atom is 0.149 e. The number of nitrogens with zero attached hydrogens (tertiary/aromatic N) is 3. The van der Waals surface area contributed by atoms with E-state index in [1.165, 1.54) is 12.8 Å². The number of fused-ring (bicyclic) bond motifs is 1. The molecule has 4 heteroatoms. The number of hydrogen-bond acceptors (Lipinski definition) is 3. The maximum atomic E-state index is 5.87. The van der Waals surface area contributed by atoms with Gasteiger partial charge in [0.15, 0.2) is 0 Å². The highest BCUT2D eigenvalue weighted by molar-refractivity contribution is 4.94. The number of nitrogens with two attached hydrogens (primary N) is 1. The highest BCUT2D eigenvalue weighted by Gasteiger charge is 2.15. The summed E-state index contributed by atoms with van der Waals surface area (Å²) >= 11 is 0. The summed E-state index contributed by atoms with van der Waals surface area (Å²) in [5.41, 5.74) is 5.87. The van der Waals surface area contributed by atoms with E-state index in [-0.39, 0.29) is 6.04 Å². The Bertz CT molecular complexity index is 242. The molecule has 1 aliphatic heterocycles. The minimum atomic E-state index is 0.0972. The topological polar surface area (TPSA) is 56.7 Å². The normalized spacial score (nSPS) is 24.3. The summed E-state index contributed by atoms with van der Waals surface area (Å²) in [5.74, 6) is 0.947. The third-order valence-electron chi connectivity index (χ3n) is 2.14. The lowest BCUT2D eigenvalue weighted by molar-refractivity contribution is 0.600. The van der Waals surface area contributed by atoms with Crippen molar-refractivity contribution < 1.29 is 0 Å². The molecule has 2 rings (SSSR count). The second-order valence-corrected chi connectivity index (χ2v) is 2.98. The van der Waals surface area contributed by atoms with Gasteiger partial charge in [0, 0.05) is 6.54 Å². The van der Waals surface area contributed by atoms with Crippen LogP contribution in [0.15, 0.2) is 6.33 Å². The van der Waals surface area contributed by atoms with Crippen molar-refractivity contribution in [3.05, 3.63) is 12.2 Å². The largest absolute Gasteiger partial charge is 0.321 e. The van der Waals surface area contributed by atoms with Crippen molar-refractivity contribution in [3.8, 4) is 0 Å². The summed E-state index contributed by atoms with van der Waals surface area (Å²) in [6, 6.07) is 0.0972. The van der Waals surface area contributed by atoms with E-state index in [0.717, 1.165) is 18.8 Å². The van der Waals surface area contributed by atoms with Crippen molar-refractivity contribution in [3.63, 3.8) is 0 Å². The smallest absolute Gasteiger partial charge is 0.149 e. The predicted octanol–water partition coefficient (Wildman–Crippen LogP) is 0.462. The minimum absolute atomic E-state index is 0.0972. The highest BCUT2D eigenvalue weighted by atomic mass is 15.3. The molecule has 0 amide bonds. The Kier molecular flexibility index (Phi) is 1.62. The van der Waals surface area contributed by atoms with Gasteiger partial charge in [-0.2, -0.15) is 0 Å². The molecule has 0 aliphatic carbocycles. The molecule has 4 nitrogen and oxygen atoms in total. The molecule has 1 unspecified atom stereocenters. The fourth-order valence-corrected chi connectivity index (χ4v) is 1.50. The van der Waals surface area contributed by atoms with Gasteiger partial charge in [-0.1, -0.05) is 0 Å². The molecular formula is C7H12N4. The zero-order chi connectivity index (χ0) is 7.68. The van der Waals surface area contributed by atoms with Gasteiger partial charge in [0.1, 0.15) is 12.2 Å². The van der Waals surface area contributed by atoms with E-state index in [1.54, 1.807) is 6.33 Å². The standard InChI is InChI=1S/C7H12N4/c8-6-3-1-2-4-11-5-9-10-7(6)11/h5-6H,1-4,8H2. The van der Waals surface area contributed by atoms with Gasteiger partial charge in [-0.15, -0.1) is 10.2 Å². The van der Waals surface area contributed by atoms with Crippen LogP contribution in [0.4, 0.5) is 0 Å². The molecule has 1 aromatic heterocycles. The van der Waals surface area contributed by atoms with Crippen LogP contribution in [0.5, 0.6) is 0 Å². The summed E-state index contributed by atoms with van der Waals surface area (Å²) in [7, 11) is 0. The van der Waals surface area contributed by atoms with Gasteiger partial charge in [-0.05, 0) is 19.3 Å². The zero-order valence-electron chi connectivity index (χ0n) is 6.40. The molecule has 0 radical (unpaired) electrons. The summed E-state index contributed by atoms with van der Waals surface area (Å²) < 4.78 is 2.05. The molecule has 0 spiro atoms. The van der Waals surface area contributed by atoms with Gasteiger partial charge in [0.05, 0.1) is 6.04 Å². The van der Waals surface area contributed by atoms with E-state index < -0.39 is 0 Å². The van der Waals surface area contributed by atoms with Crippen LogP contribution in [0.1, 0.15) is 31.1 Å². The third-order valence-corrected chi connectivity index (χ3v) is 2.14. The average Bonchev–Trinajstić information content (AvgIpc) is 2.40. The van der Waals surface area contributed by atoms with Crippen LogP contribution >= 0.6 is 0 Å². The first-order chi connectivity index (χ1) is 5.38. The molecule has 60 valence electrons. The van der Waals surface area contributed by atoms with Gasteiger partial charge < -0.3 is 10.3 Å². The fourth-order valence-electron chi connectivity index (χ4n) is 1.50. The van der Waals surface area contributed by atoms with Crippen molar-refractivity contribution in [1.29, 1.82) is 0 Å². The molecule has 1 atom stereocenters. The molecule has 0 aromatic carbocycles. The molecule has 1 aromatic rings. The van der Waals surface area contributed by atoms with Crippen LogP contribution in [0.25, 0.3) is 0 Å². The van der Waals surface area contributed by atoms with Crippen LogP contribution < -0.4 is 5.73 Å². The van der Waals surface area contributed by atoms with Crippen molar-refractivity contribution in [2.24, 2.45) is 5.73 Å². The highest BCUT2D eigenvalue weighted by Crippen LogP contribution is 2.18. The molecule has 0 fully saturated rings. The number of rotatable bonds is 0. The Morgan fingerprint density at radius 3 is 3.36 bits per heavy atom. The van der Waals surface area contributed by atoms with Gasteiger partial charge >= 0.3 is 0 Å². The molecule has 1 aliphatic rings. The Morgan fingerprint density at radius 1 is 1.55 bits per heavy atom. The minimum Gasteiger partial charge on any atom is -0.321 e. The molecular weight excluding hydrogens is 140 g/mol. The maximum absolute atomic E-state index is 5.87. The molecule has 2 N–H and O–H groups in total. The first-order valence-electron chi connectivity index (χ1n) is 4.01. The fraction of sp³-hybridized carbons (Fsp3) is 0.714. The number of hydrogen-bond donors (Lipinski definition) is 1. The van der Waals surface area contributed by atoms with Crippen molar-refractivity contribution in [1.82, 2.24) is 14.8 Å². The van der Waals surface area contributed by atoms with Crippen molar-refractivity contribution >= 4 is 0 Å². The Balaban J connectivity index is 2.34. The van der Waals surface area contributed by atoms with Gasteiger partial charge in [0.25, 0.3) is 0 Å². The summed E-state index contributed by atoms with van der Waals surface area (Å²) in [4.78, 5) is 0. The number of aromatic nitrogens is 3. The van der Waals surface area contributed by atoms with Gasteiger partial charge in [0.2, 0.25) is 0 Å². The van der Waals surface area contributed by atoms with Crippen LogP contribution in [0.3, 0.4) is 0 Å². The molecule has 0 saturated carbocycles. The predicted molar refractivity (Wildman–Crippen MR) is 40.8 cm³/mol. The van der Waals surface area contributed by atoms with Gasteiger partial charge in [-0.25, -0.2) is 0 Å². The Morgan fingerprint density at radius 2 is 2.45 bits per heavy atom. The quantitative estimate of drug-likeness (QED) is 0.587. The SMILES string of the molecule is NC1CCCCn2cnnc21. The molecule has 11 heavy (non-hydrogen) atoms. The van der Waals surface area contributed by atoms with E-state index in [1.807, 2.05) is 0 Å². The zero-order valence-corrected chi connectivity index (χ0v) is 6.40. The van der Waals surface area contributed by atoms with E-state index in [2.05, 4.69) is 14.8 Å². The first-order valence-corrected chi connectivity index (χ1v) is 4.01. The molecule has 0 saturated heterocycles. The summed E-state index contributed by atoms with van der Waals surface area (Å²) in [6.07, 6.45) is 5.20. The second-order valence-electron chi connectivity index (χ2n) is 2.98. The molecule has 0 bridgehead atoms. The monoisotopic (exact) mass is 152 g/mol. The van der Waals surface area contributed by atoms with Crippen molar-refractivity contribution in [2.75, 3.05) is 0 Å². The summed E-state index contributed by atoms with van der Waals surface area (Å²) in [6.45, 7) is 1.02. The van der Waals surface area contributed by atoms with Gasteiger partial charge in [-0.3, -0.25) is 0 Å². The lowest BCUT2D eigenvalue weighted by atomic mass is 10.1. The lowest BCUT2D eigenvalue weighted by Gasteiger charge is -2.05. The van der Waals surface area contributed by atoms with Crippen molar-refractivity contribution in [2.45, 2.75) is 31.8 Å². The third kappa shape index (κ3) is 1.14. The Hall–Kier alpha value is -0.900. The molecule has 2 heterocycles. The average molecular weight is 152 g/mol. The van der Waals surface area contributed by atoms with E-state index in [0.29, 0.717) is 0 Å². The number of aryl methyl sites for hydroxylation is 1. The van der Waals surface area contributed by atoms with Crippen LogP contribution in [0, 0.1) is 0 Å². The van der Waals surface area contributed by atoms with E-state index in [4.69, 9.17) is 5.73 Å². The van der Waals surface area contributed by atoms with E-state index >= 15 is 0 Å². The van der Waals surface area contributed by atoms with Crippen LogP contribution in [-0.4, -0.2) is 14.8 Å². The van der Waals surface area contributed by atoms with Crippen LogP contribution in [0.2, 0.25) is 0 Å². The van der Waals surface area contributed by atoms with E-state index in [9.17, 15) is 0 Å². The lowest BCUT2D eigenvalue weighted by Crippen LogP contribution is -2.13. The second kappa shape index (κ2) is 2.62. The Labute approximate surface area is 65.4 Å². The first kappa shape index (κ1) is 6.79. The summed E-state index contributed by atoms with van der Waals surface area (Å²) in [5, 5.41) is 7.81.